The zero-order chi connectivity index (χ0) is 10.8. The van der Waals surface area contributed by atoms with E-state index in [0.29, 0.717) is 0 Å². The molecule has 1 aromatic heterocycles. The molecule has 0 amide bonds. The number of ether oxygens (including phenoxy) is 1. The molecule has 2 heteroatoms. The molecule has 0 saturated carbocycles. The van der Waals surface area contributed by atoms with Crippen LogP contribution in [0.1, 0.15) is 10.4 Å². The molecule has 0 saturated heterocycles. The van der Waals surface area contributed by atoms with E-state index in [1.165, 1.54) is 20.9 Å². The molecule has 0 bridgehead atoms. The third-order valence-corrected chi connectivity index (χ3v) is 3.74. The van der Waals surface area contributed by atoms with Crippen LogP contribution in [0.25, 0.3) is 10.4 Å². The van der Waals surface area contributed by atoms with Gasteiger partial charge in [0.05, 0.1) is 7.11 Å². The van der Waals surface area contributed by atoms with E-state index in [4.69, 9.17) is 4.74 Å². The van der Waals surface area contributed by atoms with E-state index in [-0.39, 0.29) is 0 Å². The Balaban J connectivity index is 2.37. The molecule has 0 radical (unpaired) electrons. The molecule has 1 heterocycles. The number of aryl methyl sites for hydroxylation is 2. The minimum Gasteiger partial charge on any atom is -0.497 e. The van der Waals surface area contributed by atoms with E-state index in [9.17, 15) is 0 Å². The Morgan fingerprint density at radius 3 is 2.20 bits per heavy atom. The predicted octanol–water partition coefficient (Wildman–Crippen LogP) is 4.04. The fourth-order valence-corrected chi connectivity index (χ4v) is 2.51. The molecule has 2 rings (SSSR count). The molecule has 78 valence electrons. The average molecular weight is 218 g/mol. The van der Waals surface area contributed by atoms with Crippen LogP contribution in [-0.2, 0) is 0 Å². The smallest absolute Gasteiger partial charge is 0.118 e. The lowest BCUT2D eigenvalue weighted by Crippen LogP contribution is -1.81. The van der Waals surface area contributed by atoms with Crippen molar-refractivity contribution in [3.05, 3.63) is 40.8 Å². The van der Waals surface area contributed by atoms with Crippen LogP contribution >= 0.6 is 11.3 Å². The van der Waals surface area contributed by atoms with Crippen molar-refractivity contribution in [2.45, 2.75) is 13.8 Å². The van der Waals surface area contributed by atoms with Gasteiger partial charge in [-0.1, -0.05) is 0 Å². The Bertz CT molecular complexity index is 434. The molecule has 1 aromatic carbocycles. The standard InChI is InChI=1S/C13H14OS/c1-9-8-13(15-10(9)2)11-4-6-12(14-3)7-5-11/h4-8H,1-3H3. The molecule has 0 unspecified atom stereocenters. The van der Waals surface area contributed by atoms with Gasteiger partial charge in [0.15, 0.2) is 0 Å². The van der Waals surface area contributed by atoms with Crippen LogP contribution < -0.4 is 4.74 Å². The van der Waals surface area contributed by atoms with E-state index in [2.05, 4.69) is 32.0 Å². The number of thiophene rings is 1. The van der Waals surface area contributed by atoms with Crippen LogP contribution in [0.4, 0.5) is 0 Å². The van der Waals surface area contributed by atoms with Crippen molar-refractivity contribution in [1.29, 1.82) is 0 Å². The minimum absolute atomic E-state index is 0.906. The number of hydrogen-bond donors (Lipinski definition) is 0. The Morgan fingerprint density at radius 2 is 1.73 bits per heavy atom. The summed E-state index contributed by atoms with van der Waals surface area (Å²) in [5.74, 6) is 0.906. The molecule has 0 N–H and O–H groups in total. The highest BCUT2D eigenvalue weighted by Crippen LogP contribution is 2.31. The van der Waals surface area contributed by atoms with Crippen molar-refractivity contribution < 1.29 is 4.74 Å². The second-order valence-corrected chi connectivity index (χ2v) is 4.83. The Kier molecular flexibility index (Phi) is 2.78. The van der Waals surface area contributed by atoms with Gasteiger partial charge in [0.1, 0.15) is 5.75 Å². The summed E-state index contributed by atoms with van der Waals surface area (Å²) in [5.41, 5.74) is 2.63. The fraction of sp³-hybridized carbons (Fsp3) is 0.231. The van der Waals surface area contributed by atoms with Gasteiger partial charge in [-0.3, -0.25) is 0 Å². The highest BCUT2D eigenvalue weighted by Gasteiger charge is 2.03. The number of methoxy groups -OCH3 is 1. The van der Waals surface area contributed by atoms with E-state index in [1.807, 2.05) is 23.5 Å². The first kappa shape index (κ1) is 10.2. The van der Waals surface area contributed by atoms with Crippen molar-refractivity contribution in [2.75, 3.05) is 7.11 Å². The Morgan fingerprint density at radius 1 is 1.07 bits per heavy atom. The summed E-state index contributed by atoms with van der Waals surface area (Å²) in [5, 5.41) is 0. The maximum atomic E-state index is 5.14. The number of rotatable bonds is 2. The highest BCUT2D eigenvalue weighted by atomic mass is 32.1. The van der Waals surface area contributed by atoms with E-state index >= 15 is 0 Å². The number of benzene rings is 1. The second-order valence-electron chi connectivity index (χ2n) is 3.58. The molecule has 0 aliphatic heterocycles. The third-order valence-electron chi connectivity index (χ3n) is 2.54. The van der Waals surface area contributed by atoms with Crippen molar-refractivity contribution in [2.24, 2.45) is 0 Å². The van der Waals surface area contributed by atoms with E-state index in [0.717, 1.165) is 5.75 Å². The molecule has 15 heavy (non-hydrogen) atoms. The van der Waals surface area contributed by atoms with E-state index in [1.54, 1.807) is 7.11 Å². The summed E-state index contributed by atoms with van der Waals surface area (Å²) < 4.78 is 5.14. The minimum atomic E-state index is 0.906. The van der Waals surface area contributed by atoms with Crippen molar-refractivity contribution in [1.82, 2.24) is 0 Å². The van der Waals surface area contributed by atoms with Crippen LogP contribution in [0.3, 0.4) is 0 Å². The lowest BCUT2D eigenvalue weighted by Gasteiger charge is -2.00. The molecule has 0 aliphatic rings. The summed E-state index contributed by atoms with van der Waals surface area (Å²) >= 11 is 1.84. The Hall–Kier alpha value is -1.28. The highest BCUT2D eigenvalue weighted by molar-refractivity contribution is 7.15. The number of hydrogen-bond acceptors (Lipinski definition) is 2. The molecular weight excluding hydrogens is 204 g/mol. The van der Waals surface area contributed by atoms with Gasteiger partial charge in [-0.2, -0.15) is 0 Å². The van der Waals surface area contributed by atoms with Crippen LogP contribution in [0.2, 0.25) is 0 Å². The summed E-state index contributed by atoms with van der Waals surface area (Å²) in [6.45, 7) is 4.31. The molecule has 0 atom stereocenters. The van der Waals surface area contributed by atoms with Gasteiger partial charge in [0.25, 0.3) is 0 Å². The van der Waals surface area contributed by atoms with Gasteiger partial charge in [0, 0.05) is 9.75 Å². The summed E-state index contributed by atoms with van der Waals surface area (Å²) in [4.78, 5) is 2.72. The molecule has 0 aliphatic carbocycles. The zero-order valence-corrected chi connectivity index (χ0v) is 10.0. The maximum absolute atomic E-state index is 5.14. The van der Waals surface area contributed by atoms with Crippen LogP contribution in [0.15, 0.2) is 30.3 Å². The molecule has 2 aromatic rings. The summed E-state index contributed by atoms with van der Waals surface area (Å²) in [6.07, 6.45) is 0. The normalized spacial score (nSPS) is 10.3. The third kappa shape index (κ3) is 2.05. The Labute approximate surface area is 94.3 Å². The van der Waals surface area contributed by atoms with Gasteiger partial charge >= 0.3 is 0 Å². The molecule has 1 nitrogen and oxygen atoms in total. The molecule has 0 fully saturated rings. The van der Waals surface area contributed by atoms with Crippen molar-refractivity contribution in [3.8, 4) is 16.2 Å². The van der Waals surface area contributed by atoms with Crippen LogP contribution in [0, 0.1) is 13.8 Å². The van der Waals surface area contributed by atoms with Crippen molar-refractivity contribution >= 4 is 11.3 Å². The van der Waals surface area contributed by atoms with Gasteiger partial charge in [-0.05, 0) is 55.3 Å². The first-order valence-corrected chi connectivity index (χ1v) is 5.74. The predicted molar refractivity (Wildman–Crippen MR) is 65.8 cm³/mol. The van der Waals surface area contributed by atoms with Gasteiger partial charge in [0.2, 0.25) is 0 Å². The lowest BCUT2D eigenvalue weighted by molar-refractivity contribution is 0.415. The largest absolute Gasteiger partial charge is 0.497 e. The van der Waals surface area contributed by atoms with Gasteiger partial charge in [-0.25, -0.2) is 0 Å². The molecular formula is C13H14OS. The molecule has 0 spiro atoms. The lowest BCUT2D eigenvalue weighted by atomic mass is 10.1. The first-order chi connectivity index (χ1) is 7.20. The van der Waals surface area contributed by atoms with Crippen LogP contribution in [-0.4, -0.2) is 7.11 Å². The quantitative estimate of drug-likeness (QED) is 0.739. The van der Waals surface area contributed by atoms with Crippen LogP contribution in [0.5, 0.6) is 5.75 Å². The maximum Gasteiger partial charge on any atom is 0.118 e. The fourth-order valence-electron chi connectivity index (χ4n) is 1.47. The SMILES string of the molecule is COc1ccc(-c2cc(C)c(C)s2)cc1. The van der Waals surface area contributed by atoms with Gasteiger partial charge in [-0.15, -0.1) is 11.3 Å². The van der Waals surface area contributed by atoms with E-state index < -0.39 is 0 Å². The topological polar surface area (TPSA) is 9.23 Å². The van der Waals surface area contributed by atoms with Gasteiger partial charge < -0.3 is 4.74 Å². The second kappa shape index (κ2) is 4.07. The average Bonchev–Trinajstić information content (AvgIpc) is 2.59. The van der Waals surface area contributed by atoms with Crippen molar-refractivity contribution in [3.63, 3.8) is 0 Å². The first-order valence-electron chi connectivity index (χ1n) is 4.92. The monoisotopic (exact) mass is 218 g/mol. The summed E-state index contributed by atoms with van der Waals surface area (Å²) in [7, 11) is 1.69. The summed E-state index contributed by atoms with van der Waals surface area (Å²) in [6, 6.07) is 10.4. The zero-order valence-electron chi connectivity index (χ0n) is 9.20.